The van der Waals surface area contributed by atoms with E-state index in [1.807, 2.05) is 0 Å². The second-order valence-electron chi connectivity index (χ2n) is 5.17. The maximum atomic E-state index is 10.1. The first-order valence-corrected chi connectivity index (χ1v) is 6.07. The Kier molecular flexibility index (Phi) is 2.48. The van der Waals surface area contributed by atoms with Gasteiger partial charge < -0.3 is 9.63 Å². The van der Waals surface area contributed by atoms with Gasteiger partial charge in [0.2, 0.25) is 5.89 Å². The zero-order valence-electron chi connectivity index (χ0n) is 10.5. The lowest BCUT2D eigenvalue weighted by atomic mass is 10.1. The third-order valence-corrected chi connectivity index (χ3v) is 3.58. The predicted molar refractivity (Wildman–Crippen MR) is 62.8 cm³/mol. The maximum Gasteiger partial charge on any atom is 0.229 e. The van der Waals surface area contributed by atoms with Gasteiger partial charge in [-0.2, -0.15) is 10.1 Å². The summed E-state index contributed by atoms with van der Waals surface area (Å²) in [4.78, 5) is 4.36. The highest BCUT2D eigenvalue weighted by molar-refractivity contribution is 5.15. The standard InChI is InChI=1S/C12H16N4O2/c1-12(4-5-12)11-14-10(18-15-11)7-9(17)8-3-6-13-16(8)2/h3,6,9,17H,4-5,7H2,1-2H3. The van der Waals surface area contributed by atoms with Gasteiger partial charge in [0, 0.05) is 18.7 Å². The van der Waals surface area contributed by atoms with Crippen molar-refractivity contribution >= 4 is 0 Å². The molecule has 0 spiro atoms. The van der Waals surface area contributed by atoms with Crippen LogP contribution in [0.1, 0.15) is 43.3 Å². The Morgan fingerprint density at radius 1 is 1.56 bits per heavy atom. The summed E-state index contributed by atoms with van der Waals surface area (Å²) >= 11 is 0. The summed E-state index contributed by atoms with van der Waals surface area (Å²) < 4.78 is 6.83. The van der Waals surface area contributed by atoms with Crippen molar-refractivity contribution in [2.45, 2.75) is 37.7 Å². The summed E-state index contributed by atoms with van der Waals surface area (Å²) in [5.41, 5.74) is 0.839. The van der Waals surface area contributed by atoms with E-state index in [-0.39, 0.29) is 5.41 Å². The molecule has 96 valence electrons. The van der Waals surface area contributed by atoms with Gasteiger partial charge in [-0.15, -0.1) is 0 Å². The van der Waals surface area contributed by atoms with Crippen molar-refractivity contribution < 1.29 is 9.63 Å². The predicted octanol–water partition coefficient (Wildman–Crippen LogP) is 1.13. The molecule has 0 radical (unpaired) electrons. The second kappa shape index (κ2) is 3.91. The lowest BCUT2D eigenvalue weighted by Gasteiger charge is -2.07. The summed E-state index contributed by atoms with van der Waals surface area (Å²) in [6.07, 6.45) is 3.52. The molecule has 2 aromatic heterocycles. The van der Waals surface area contributed by atoms with Crippen molar-refractivity contribution in [2.24, 2.45) is 7.05 Å². The first-order valence-electron chi connectivity index (χ1n) is 6.07. The number of aliphatic hydroxyl groups is 1. The summed E-state index contributed by atoms with van der Waals surface area (Å²) in [5.74, 6) is 1.24. The van der Waals surface area contributed by atoms with Gasteiger partial charge in [-0.3, -0.25) is 4.68 Å². The highest BCUT2D eigenvalue weighted by atomic mass is 16.5. The molecular formula is C12H16N4O2. The van der Waals surface area contributed by atoms with Crippen LogP contribution in [0.15, 0.2) is 16.8 Å². The first kappa shape index (κ1) is 11.4. The van der Waals surface area contributed by atoms with Gasteiger partial charge in [-0.25, -0.2) is 0 Å². The summed E-state index contributed by atoms with van der Waals surface area (Å²) in [6, 6.07) is 1.78. The highest BCUT2D eigenvalue weighted by Gasteiger charge is 2.43. The third-order valence-electron chi connectivity index (χ3n) is 3.58. The van der Waals surface area contributed by atoms with Crippen molar-refractivity contribution in [3.63, 3.8) is 0 Å². The molecule has 1 atom stereocenters. The topological polar surface area (TPSA) is 77.0 Å². The summed E-state index contributed by atoms with van der Waals surface area (Å²) in [6.45, 7) is 2.12. The largest absolute Gasteiger partial charge is 0.386 e. The van der Waals surface area contributed by atoms with Crippen molar-refractivity contribution in [3.05, 3.63) is 29.7 Å². The molecular weight excluding hydrogens is 232 g/mol. The highest BCUT2D eigenvalue weighted by Crippen LogP contribution is 2.46. The Hall–Kier alpha value is -1.69. The molecule has 0 amide bonds. The minimum Gasteiger partial charge on any atom is -0.386 e. The smallest absolute Gasteiger partial charge is 0.229 e. The quantitative estimate of drug-likeness (QED) is 0.877. The zero-order valence-corrected chi connectivity index (χ0v) is 10.5. The summed E-state index contributed by atoms with van der Waals surface area (Å²) in [5, 5.41) is 18.1. The molecule has 6 nitrogen and oxygen atoms in total. The second-order valence-corrected chi connectivity index (χ2v) is 5.17. The van der Waals surface area contributed by atoms with Crippen LogP contribution in [-0.4, -0.2) is 25.0 Å². The Bertz CT molecular complexity index is 556. The number of aromatic nitrogens is 4. The number of rotatable bonds is 4. The van der Waals surface area contributed by atoms with Crippen LogP contribution in [0.25, 0.3) is 0 Å². The molecule has 18 heavy (non-hydrogen) atoms. The number of aliphatic hydroxyl groups excluding tert-OH is 1. The molecule has 6 heteroatoms. The van der Waals surface area contributed by atoms with Crippen molar-refractivity contribution in [3.8, 4) is 0 Å². The average Bonchev–Trinajstić information content (AvgIpc) is 2.79. The SMILES string of the molecule is Cn1nccc1C(O)Cc1nc(C2(C)CC2)no1. The van der Waals surface area contributed by atoms with Crippen LogP contribution >= 0.6 is 0 Å². The molecule has 1 N–H and O–H groups in total. The fourth-order valence-electron chi connectivity index (χ4n) is 1.97. The molecule has 2 heterocycles. The van der Waals surface area contributed by atoms with Crippen LogP contribution in [-0.2, 0) is 18.9 Å². The lowest BCUT2D eigenvalue weighted by molar-refractivity contribution is 0.155. The Balaban J connectivity index is 1.73. The van der Waals surface area contributed by atoms with Gasteiger partial charge in [0.25, 0.3) is 0 Å². The number of aryl methyl sites for hydroxylation is 1. The molecule has 0 aromatic carbocycles. The van der Waals surface area contributed by atoms with E-state index in [0.717, 1.165) is 24.4 Å². The fourth-order valence-corrected chi connectivity index (χ4v) is 1.97. The number of nitrogens with zero attached hydrogens (tertiary/aromatic N) is 4. The molecule has 1 saturated carbocycles. The van der Waals surface area contributed by atoms with Crippen molar-refractivity contribution in [1.29, 1.82) is 0 Å². The molecule has 0 aliphatic heterocycles. The molecule has 0 saturated heterocycles. The molecule has 1 aliphatic rings. The van der Waals surface area contributed by atoms with Gasteiger partial charge in [-0.1, -0.05) is 12.1 Å². The summed E-state index contributed by atoms with van der Waals surface area (Å²) in [7, 11) is 1.79. The number of hydrogen-bond acceptors (Lipinski definition) is 5. The minimum atomic E-state index is -0.669. The monoisotopic (exact) mass is 248 g/mol. The first-order chi connectivity index (χ1) is 8.58. The van der Waals surface area contributed by atoms with Gasteiger partial charge in [0.15, 0.2) is 5.82 Å². The van der Waals surface area contributed by atoms with Gasteiger partial charge in [0.05, 0.1) is 12.1 Å². The van der Waals surface area contributed by atoms with E-state index in [9.17, 15) is 5.11 Å². The van der Waals surface area contributed by atoms with Crippen LogP contribution in [0, 0.1) is 0 Å². The van der Waals surface area contributed by atoms with Crippen LogP contribution < -0.4 is 0 Å². The van der Waals surface area contributed by atoms with Crippen LogP contribution in [0.3, 0.4) is 0 Å². The third kappa shape index (κ3) is 1.92. The maximum absolute atomic E-state index is 10.1. The van der Waals surface area contributed by atoms with E-state index >= 15 is 0 Å². The van der Waals surface area contributed by atoms with Crippen LogP contribution in [0.5, 0.6) is 0 Å². The Labute approximate surface area is 105 Å². The molecule has 2 aromatic rings. The molecule has 1 fully saturated rings. The van der Waals surface area contributed by atoms with E-state index < -0.39 is 6.10 Å². The lowest BCUT2D eigenvalue weighted by Crippen LogP contribution is -2.08. The normalized spacial score (nSPS) is 18.8. The molecule has 3 rings (SSSR count). The fraction of sp³-hybridized carbons (Fsp3) is 0.583. The minimum absolute atomic E-state index is 0.0965. The van der Waals surface area contributed by atoms with Gasteiger partial charge in [-0.05, 0) is 18.9 Å². The Morgan fingerprint density at radius 2 is 2.33 bits per heavy atom. The molecule has 1 aliphatic carbocycles. The van der Waals surface area contributed by atoms with Crippen molar-refractivity contribution in [2.75, 3.05) is 0 Å². The van der Waals surface area contributed by atoms with E-state index in [1.165, 1.54) is 0 Å². The van der Waals surface area contributed by atoms with E-state index in [2.05, 4.69) is 22.2 Å². The Morgan fingerprint density at radius 3 is 2.94 bits per heavy atom. The molecule has 1 unspecified atom stereocenters. The van der Waals surface area contributed by atoms with E-state index in [1.54, 1.807) is 24.0 Å². The average molecular weight is 248 g/mol. The van der Waals surface area contributed by atoms with Gasteiger partial charge in [0.1, 0.15) is 6.10 Å². The molecule has 0 bridgehead atoms. The van der Waals surface area contributed by atoms with Crippen LogP contribution in [0.2, 0.25) is 0 Å². The van der Waals surface area contributed by atoms with E-state index in [4.69, 9.17) is 4.52 Å². The zero-order chi connectivity index (χ0) is 12.8. The van der Waals surface area contributed by atoms with E-state index in [0.29, 0.717) is 12.3 Å². The van der Waals surface area contributed by atoms with Crippen LogP contribution in [0.4, 0.5) is 0 Å². The van der Waals surface area contributed by atoms with Gasteiger partial charge >= 0.3 is 0 Å². The number of hydrogen-bond donors (Lipinski definition) is 1. The van der Waals surface area contributed by atoms with Crippen molar-refractivity contribution in [1.82, 2.24) is 19.9 Å².